The van der Waals surface area contributed by atoms with E-state index < -0.39 is 0 Å². The molecule has 3 nitrogen and oxygen atoms in total. The maximum atomic E-state index is 4.72. The van der Waals surface area contributed by atoms with Crippen molar-refractivity contribution in [2.45, 2.75) is 45.4 Å². The van der Waals surface area contributed by atoms with E-state index in [0.717, 1.165) is 32.0 Å². The quantitative estimate of drug-likeness (QED) is 0.844. The summed E-state index contributed by atoms with van der Waals surface area (Å²) >= 11 is 2.06. The van der Waals surface area contributed by atoms with Crippen LogP contribution in [0.2, 0.25) is 0 Å². The first-order valence-electron chi connectivity index (χ1n) is 7.57. The van der Waals surface area contributed by atoms with Crippen LogP contribution >= 0.6 is 11.8 Å². The molecule has 0 aliphatic carbocycles. The molecule has 2 heterocycles. The second-order valence-electron chi connectivity index (χ2n) is 6.19. The van der Waals surface area contributed by atoms with E-state index in [4.69, 9.17) is 4.98 Å². The lowest BCUT2D eigenvalue weighted by Crippen LogP contribution is -2.43. The summed E-state index contributed by atoms with van der Waals surface area (Å²) in [6.45, 7) is 13.2. The van der Waals surface area contributed by atoms with Crippen LogP contribution in [0.4, 0.5) is 5.82 Å². The third kappa shape index (κ3) is 4.13. The van der Waals surface area contributed by atoms with E-state index in [1.807, 2.05) is 6.20 Å². The highest BCUT2D eigenvalue weighted by atomic mass is 32.2. The molecule has 20 heavy (non-hydrogen) atoms. The molecule has 2 rings (SSSR count). The Bertz CT molecular complexity index is 445. The monoisotopic (exact) mass is 293 g/mol. The summed E-state index contributed by atoms with van der Waals surface area (Å²) in [6.07, 6.45) is 3.20. The number of hydrogen-bond donors (Lipinski definition) is 1. The molecule has 1 fully saturated rings. The first kappa shape index (κ1) is 15.6. The number of aromatic nitrogens is 1. The molecule has 1 N–H and O–H groups in total. The Morgan fingerprint density at radius 1 is 1.45 bits per heavy atom. The van der Waals surface area contributed by atoms with E-state index in [0.29, 0.717) is 4.75 Å². The smallest absolute Gasteiger partial charge is 0.131 e. The van der Waals surface area contributed by atoms with Crippen LogP contribution in [0.15, 0.2) is 12.3 Å². The van der Waals surface area contributed by atoms with Gasteiger partial charge in [0.05, 0.1) is 0 Å². The molecule has 0 spiro atoms. The molecule has 0 amide bonds. The molecule has 1 aromatic heterocycles. The number of nitrogens with zero attached hydrogens (tertiary/aromatic N) is 2. The van der Waals surface area contributed by atoms with Crippen molar-refractivity contribution >= 4 is 17.6 Å². The van der Waals surface area contributed by atoms with E-state index in [1.165, 1.54) is 23.3 Å². The minimum Gasteiger partial charge on any atom is -0.354 e. The topological polar surface area (TPSA) is 28.2 Å². The Morgan fingerprint density at radius 3 is 2.90 bits per heavy atom. The number of hydrogen-bond acceptors (Lipinski definition) is 4. The molecule has 0 saturated carbocycles. The van der Waals surface area contributed by atoms with Crippen LogP contribution in [0.3, 0.4) is 0 Å². The Hall–Kier alpha value is -0.740. The molecule has 4 heteroatoms. The molecule has 1 saturated heterocycles. The van der Waals surface area contributed by atoms with Gasteiger partial charge in [0.25, 0.3) is 0 Å². The molecule has 0 aromatic carbocycles. The third-order valence-corrected chi connectivity index (χ3v) is 4.89. The highest BCUT2D eigenvalue weighted by Gasteiger charge is 2.28. The lowest BCUT2D eigenvalue weighted by molar-refractivity contribution is 0.639. The molecule has 0 atom stereocenters. The van der Waals surface area contributed by atoms with E-state index >= 15 is 0 Å². The van der Waals surface area contributed by atoms with Crippen LogP contribution in [-0.4, -0.2) is 35.1 Å². The molecule has 0 radical (unpaired) electrons. The van der Waals surface area contributed by atoms with Gasteiger partial charge in [0, 0.05) is 36.3 Å². The van der Waals surface area contributed by atoms with E-state index in [1.54, 1.807) is 0 Å². The third-order valence-electron chi connectivity index (χ3n) is 3.59. The maximum absolute atomic E-state index is 4.72. The lowest BCUT2D eigenvalue weighted by Gasteiger charge is -2.38. The van der Waals surface area contributed by atoms with Gasteiger partial charge in [0.15, 0.2) is 0 Å². The zero-order chi connectivity index (χ0) is 14.6. The fraction of sp³-hybridized carbons (Fsp3) is 0.688. The second kappa shape index (κ2) is 6.81. The van der Waals surface area contributed by atoms with Crippen molar-refractivity contribution in [1.29, 1.82) is 0 Å². The van der Waals surface area contributed by atoms with Gasteiger partial charge in [0.2, 0.25) is 0 Å². The minimum absolute atomic E-state index is 0.327. The normalized spacial score (nSPS) is 18.3. The number of nitrogens with one attached hydrogen (secondary N) is 1. The highest BCUT2D eigenvalue weighted by molar-refractivity contribution is 8.00. The van der Waals surface area contributed by atoms with Gasteiger partial charge >= 0.3 is 0 Å². The Labute approximate surface area is 127 Å². The number of pyridine rings is 1. The molecule has 0 bridgehead atoms. The minimum atomic E-state index is 0.327. The van der Waals surface area contributed by atoms with Crippen LogP contribution in [0.5, 0.6) is 0 Å². The average molecular weight is 293 g/mol. The van der Waals surface area contributed by atoms with Gasteiger partial charge in [-0.3, -0.25) is 0 Å². The molecule has 1 aliphatic rings. The summed E-state index contributed by atoms with van der Waals surface area (Å²) < 4.78 is 0.327. The zero-order valence-electron chi connectivity index (χ0n) is 13.2. The molecule has 0 unspecified atom stereocenters. The number of rotatable bonds is 5. The van der Waals surface area contributed by atoms with Crippen LogP contribution in [-0.2, 0) is 6.54 Å². The van der Waals surface area contributed by atoms with Crippen LogP contribution in [0.1, 0.15) is 38.3 Å². The SMILES string of the molecule is CCCNCc1cnc(N2CCSC(C)(C)C2)c(C)c1. The van der Waals surface area contributed by atoms with Crippen LogP contribution < -0.4 is 10.2 Å². The van der Waals surface area contributed by atoms with Crippen molar-refractivity contribution in [3.63, 3.8) is 0 Å². The van der Waals surface area contributed by atoms with Gasteiger partial charge in [-0.1, -0.05) is 6.92 Å². The van der Waals surface area contributed by atoms with Gasteiger partial charge in [-0.2, -0.15) is 11.8 Å². The molecule has 1 aromatic rings. The van der Waals surface area contributed by atoms with Crippen molar-refractivity contribution in [3.8, 4) is 0 Å². The van der Waals surface area contributed by atoms with Gasteiger partial charge in [-0.05, 0) is 50.9 Å². The van der Waals surface area contributed by atoms with Crippen LogP contribution in [0, 0.1) is 6.92 Å². The largest absolute Gasteiger partial charge is 0.354 e. The summed E-state index contributed by atoms with van der Waals surface area (Å²) in [5.74, 6) is 2.35. The average Bonchev–Trinajstić information content (AvgIpc) is 2.38. The first-order chi connectivity index (χ1) is 9.52. The number of anilines is 1. The number of aryl methyl sites for hydroxylation is 1. The van der Waals surface area contributed by atoms with E-state index in [2.05, 4.69) is 55.7 Å². The number of thioether (sulfide) groups is 1. The predicted octanol–water partition coefficient (Wildman–Crippen LogP) is 3.22. The fourth-order valence-corrected chi connectivity index (χ4v) is 3.77. The van der Waals surface area contributed by atoms with Gasteiger partial charge in [-0.15, -0.1) is 0 Å². The van der Waals surface area contributed by atoms with Crippen molar-refractivity contribution in [3.05, 3.63) is 23.4 Å². The molecular weight excluding hydrogens is 266 g/mol. The zero-order valence-corrected chi connectivity index (χ0v) is 14.0. The van der Waals surface area contributed by atoms with Crippen molar-refractivity contribution < 1.29 is 0 Å². The fourth-order valence-electron chi connectivity index (χ4n) is 2.66. The summed E-state index contributed by atoms with van der Waals surface area (Å²) in [5.41, 5.74) is 2.58. The highest BCUT2D eigenvalue weighted by Crippen LogP contribution is 2.32. The van der Waals surface area contributed by atoms with Gasteiger partial charge < -0.3 is 10.2 Å². The Balaban J connectivity index is 2.05. The van der Waals surface area contributed by atoms with Crippen LogP contribution in [0.25, 0.3) is 0 Å². The van der Waals surface area contributed by atoms with Gasteiger partial charge in [-0.25, -0.2) is 4.98 Å². The van der Waals surface area contributed by atoms with Gasteiger partial charge in [0.1, 0.15) is 5.82 Å². The lowest BCUT2D eigenvalue weighted by atomic mass is 10.1. The molecular formula is C16H27N3S. The molecule has 1 aliphatic heterocycles. The standard InChI is InChI=1S/C16H27N3S/c1-5-6-17-10-14-9-13(2)15(18-11-14)19-7-8-20-16(3,4)12-19/h9,11,17H,5-8,10,12H2,1-4H3. The predicted molar refractivity (Wildman–Crippen MR) is 89.7 cm³/mol. The molecule has 112 valence electrons. The first-order valence-corrected chi connectivity index (χ1v) is 8.55. The summed E-state index contributed by atoms with van der Waals surface area (Å²) in [5, 5.41) is 3.43. The Kier molecular flexibility index (Phi) is 5.33. The van der Waals surface area contributed by atoms with E-state index in [9.17, 15) is 0 Å². The van der Waals surface area contributed by atoms with Crippen molar-refractivity contribution in [1.82, 2.24) is 10.3 Å². The van der Waals surface area contributed by atoms with E-state index in [-0.39, 0.29) is 0 Å². The van der Waals surface area contributed by atoms with Crippen molar-refractivity contribution in [2.75, 3.05) is 30.3 Å². The maximum Gasteiger partial charge on any atom is 0.131 e. The van der Waals surface area contributed by atoms with Crippen molar-refractivity contribution in [2.24, 2.45) is 0 Å². The summed E-state index contributed by atoms with van der Waals surface area (Å²) in [6, 6.07) is 2.28. The second-order valence-corrected chi connectivity index (χ2v) is 7.99. The summed E-state index contributed by atoms with van der Waals surface area (Å²) in [4.78, 5) is 7.16. The Morgan fingerprint density at radius 2 is 2.25 bits per heavy atom. The summed E-state index contributed by atoms with van der Waals surface area (Å²) in [7, 11) is 0.